The van der Waals surface area contributed by atoms with Crippen molar-refractivity contribution in [2.24, 2.45) is 0 Å². The van der Waals surface area contributed by atoms with Crippen molar-refractivity contribution in [3.63, 3.8) is 0 Å². The molecule has 0 heterocycles. The first-order valence-electron chi connectivity index (χ1n) is 5.60. The molecule has 0 fully saturated rings. The van der Waals surface area contributed by atoms with Crippen molar-refractivity contribution in [3.8, 4) is 0 Å². The lowest BCUT2D eigenvalue weighted by molar-refractivity contribution is 1.58. The third kappa shape index (κ3) is 3.11. The fourth-order valence-electron chi connectivity index (χ4n) is 1.68. The average Bonchev–Trinajstić information content (AvgIpc) is 2.40. The lowest BCUT2D eigenvalue weighted by Gasteiger charge is -2.04. The molecule has 17 heavy (non-hydrogen) atoms. The third-order valence-electron chi connectivity index (χ3n) is 2.58. The van der Waals surface area contributed by atoms with Crippen LogP contribution >= 0.6 is 12.2 Å². The van der Waals surface area contributed by atoms with E-state index in [1.807, 2.05) is 48.5 Å². The molecule has 0 N–H and O–H groups in total. The first-order chi connectivity index (χ1) is 8.27. The molecule has 0 saturated heterocycles. The molecule has 0 unspecified atom stereocenters. The number of allylic oxidation sites excluding steroid dienone is 1. The van der Waals surface area contributed by atoms with Gasteiger partial charge in [-0.1, -0.05) is 79.0 Å². The summed E-state index contributed by atoms with van der Waals surface area (Å²) in [5.41, 5.74) is 3.41. The van der Waals surface area contributed by atoms with Crippen LogP contribution in [0.1, 0.15) is 18.1 Å². The molecule has 0 spiro atoms. The monoisotopic (exact) mass is 238 g/mol. The van der Waals surface area contributed by atoms with Crippen molar-refractivity contribution < 1.29 is 0 Å². The second-order valence-electron chi connectivity index (χ2n) is 3.93. The molecule has 0 saturated carbocycles. The van der Waals surface area contributed by atoms with Crippen LogP contribution in [0.5, 0.6) is 0 Å². The summed E-state index contributed by atoms with van der Waals surface area (Å²) in [5.74, 6) is 0. The lowest BCUT2D eigenvalue weighted by atomic mass is 10.0. The van der Waals surface area contributed by atoms with Crippen molar-refractivity contribution in [1.82, 2.24) is 0 Å². The molecule has 0 aromatic heterocycles. The maximum atomic E-state index is 5.47. The fourth-order valence-corrected chi connectivity index (χ4v) is 1.88. The van der Waals surface area contributed by atoms with Crippen molar-refractivity contribution in [2.45, 2.75) is 6.92 Å². The van der Waals surface area contributed by atoms with E-state index in [1.54, 1.807) is 0 Å². The molecule has 0 amide bonds. The number of rotatable bonds is 3. The molecule has 0 nitrogen and oxygen atoms in total. The quantitative estimate of drug-likeness (QED) is 0.431. The van der Waals surface area contributed by atoms with Gasteiger partial charge in [-0.2, -0.15) is 0 Å². The van der Waals surface area contributed by atoms with Crippen LogP contribution in [0.15, 0.2) is 66.2 Å². The van der Waals surface area contributed by atoms with Gasteiger partial charge in [-0.05, 0) is 23.6 Å². The number of thiocarbonyl (C=S) groups is 1. The van der Waals surface area contributed by atoms with Crippen LogP contribution in [-0.2, 0) is 0 Å². The van der Waals surface area contributed by atoms with Gasteiger partial charge in [-0.3, -0.25) is 0 Å². The Labute approximate surface area is 108 Å². The van der Waals surface area contributed by atoms with Crippen LogP contribution in [0.2, 0.25) is 0 Å². The van der Waals surface area contributed by atoms with E-state index in [1.165, 1.54) is 5.56 Å². The average molecular weight is 238 g/mol. The summed E-state index contributed by atoms with van der Waals surface area (Å²) in [7, 11) is 0. The van der Waals surface area contributed by atoms with Gasteiger partial charge in [0.15, 0.2) is 0 Å². The largest absolute Gasteiger partial charge is 0.0792 e. The highest BCUT2D eigenvalue weighted by Gasteiger charge is 2.02. The standard InChI is InChI=1S/C16H14S/c1-13(12-14-8-4-2-5-9-14)16(17)15-10-6-3-7-11-15/h2-12H,1H3. The van der Waals surface area contributed by atoms with E-state index in [2.05, 4.69) is 25.1 Å². The number of hydrogen-bond acceptors (Lipinski definition) is 1. The molecule has 0 aliphatic carbocycles. The zero-order valence-electron chi connectivity index (χ0n) is 9.76. The second-order valence-corrected chi connectivity index (χ2v) is 4.34. The molecular formula is C16H14S. The summed E-state index contributed by atoms with van der Waals surface area (Å²) >= 11 is 5.47. The van der Waals surface area contributed by atoms with Gasteiger partial charge >= 0.3 is 0 Å². The summed E-state index contributed by atoms with van der Waals surface area (Å²) in [4.78, 5) is 0.912. The van der Waals surface area contributed by atoms with E-state index in [9.17, 15) is 0 Å². The molecular weight excluding hydrogens is 224 g/mol. The molecule has 2 aromatic carbocycles. The maximum absolute atomic E-state index is 5.47. The minimum Gasteiger partial charge on any atom is -0.0792 e. The van der Waals surface area contributed by atoms with E-state index in [4.69, 9.17) is 12.2 Å². The van der Waals surface area contributed by atoms with Gasteiger partial charge in [0.1, 0.15) is 0 Å². The number of hydrogen-bond donors (Lipinski definition) is 0. The van der Waals surface area contributed by atoms with Crippen LogP contribution in [-0.4, -0.2) is 4.86 Å². The Bertz CT molecular complexity index is 524. The first kappa shape index (κ1) is 11.7. The van der Waals surface area contributed by atoms with E-state index in [0.717, 1.165) is 16.0 Å². The highest BCUT2D eigenvalue weighted by Crippen LogP contribution is 2.13. The predicted molar refractivity (Wildman–Crippen MR) is 78.2 cm³/mol. The zero-order chi connectivity index (χ0) is 12.1. The van der Waals surface area contributed by atoms with Crippen molar-refractivity contribution in [1.29, 1.82) is 0 Å². The molecule has 2 aromatic rings. The topological polar surface area (TPSA) is 0 Å². The molecule has 1 heteroatoms. The van der Waals surface area contributed by atoms with Crippen molar-refractivity contribution in [3.05, 3.63) is 77.4 Å². The number of benzene rings is 2. The Balaban J connectivity index is 2.24. The highest BCUT2D eigenvalue weighted by molar-refractivity contribution is 7.81. The Morgan fingerprint density at radius 3 is 2.00 bits per heavy atom. The van der Waals surface area contributed by atoms with E-state index < -0.39 is 0 Å². The van der Waals surface area contributed by atoms with Crippen LogP contribution in [0.25, 0.3) is 6.08 Å². The minimum atomic E-state index is 0.912. The molecule has 0 aliphatic heterocycles. The maximum Gasteiger partial charge on any atom is 0.0478 e. The summed E-state index contributed by atoms with van der Waals surface area (Å²) in [6, 6.07) is 20.4. The van der Waals surface area contributed by atoms with Crippen LogP contribution in [0.3, 0.4) is 0 Å². The fraction of sp³-hybridized carbons (Fsp3) is 0.0625. The van der Waals surface area contributed by atoms with Crippen LogP contribution < -0.4 is 0 Å². The van der Waals surface area contributed by atoms with Gasteiger partial charge in [-0.15, -0.1) is 0 Å². The summed E-state index contributed by atoms with van der Waals surface area (Å²) in [6.07, 6.45) is 2.12. The van der Waals surface area contributed by atoms with Gasteiger partial charge in [-0.25, -0.2) is 0 Å². The molecule has 84 valence electrons. The molecule has 2 rings (SSSR count). The van der Waals surface area contributed by atoms with Gasteiger partial charge in [0.25, 0.3) is 0 Å². The highest BCUT2D eigenvalue weighted by atomic mass is 32.1. The normalized spacial score (nSPS) is 11.2. The van der Waals surface area contributed by atoms with Crippen LogP contribution in [0, 0.1) is 0 Å². The predicted octanol–water partition coefficient (Wildman–Crippen LogP) is 4.51. The molecule has 0 atom stereocenters. The van der Waals surface area contributed by atoms with E-state index >= 15 is 0 Å². The van der Waals surface area contributed by atoms with Crippen molar-refractivity contribution in [2.75, 3.05) is 0 Å². The molecule has 0 radical (unpaired) electrons. The smallest absolute Gasteiger partial charge is 0.0478 e. The minimum absolute atomic E-state index is 0.912. The van der Waals surface area contributed by atoms with Crippen LogP contribution in [0.4, 0.5) is 0 Å². The van der Waals surface area contributed by atoms with Crippen molar-refractivity contribution >= 4 is 23.2 Å². The van der Waals surface area contributed by atoms with E-state index in [-0.39, 0.29) is 0 Å². The molecule has 0 aliphatic rings. The Morgan fingerprint density at radius 1 is 0.882 bits per heavy atom. The summed E-state index contributed by atoms with van der Waals surface area (Å²) < 4.78 is 0. The van der Waals surface area contributed by atoms with Gasteiger partial charge in [0.05, 0.1) is 0 Å². The van der Waals surface area contributed by atoms with E-state index in [0.29, 0.717) is 0 Å². The first-order valence-corrected chi connectivity index (χ1v) is 6.01. The summed E-state index contributed by atoms with van der Waals surface area (Å²) in [6.45, 7) is 2.06. The second kappa shape index (κ2) is 5.55. The Hall–Kier alpha value is -1.73. The SMILES string of the molecule is CC(=Cc1ccccc1)C(=S)c1ccccc1. The third-order valence-corrected chi connectivity index (χ3v) is 3.13. The van der Waals surface area contributed by atoms with Gasteiger partial charge in [0.2, 0.25) is 0 Å². The zero-order valence-corrected chi connectivity index (χ0v) is 10.6. The Kier molecular flexibility index (Phi) is 3.84. The Morgan fingerprint density at radius 2 is 1.41 bits per heavy atom. The summed E-state index contributed by atoms with van der Waals surface area (Å²) in [5, 5.41) is 0. The molecule has 0 bridgehead atoms. The van der Waals surface area contributed by atoms with Gasteiger partial charge < -0.3 is 0 Å². The lowest BCUT2D eigenvalue weighted by Crippen LogP contribution is -1.98. The van der Waals surface area contributed by atoms with Gasteiger partial charge in [0, 0.05) is 4.86 Å².